The highest BCUT2D eigenvalue weighted by molar-refractivity contribution is 7.80. The second-order valence-corrected chi connectivity index (χ2v) is 3.88. The molecule has 1 aliphatic heterocycles. The van der Waals surface area contributed by atoms with Gasteiger partial charge in [0.15, 0.2) is 5.11 Å². The van der Waals surface area contributed by atoms with E-state index in [4.69, 9.17) is 10.2 Å². The molecule has 17 heavy (non-hydrogen) atoms. The zero-order valence-corrected chi connectivity index (χ0v) is 8.59. The van der Waals surface area contributed by atoms with Gasteiger partial charge in [0.2, 0.25) is 11.4 Å². The van der Waals surface area contributed by atoms with Crippen molar-refractivity contribution in [1.29, 1.82) is 0 Å². The number of hydrogen-bond acceptors (Lipinski definition) is 3. The molecule has 1 heterocycles. The third-order valence-electron chi connectivity index (χ3n) is 2.09. The number of hydrogen-bond donors (Lipinski definition) is 4. The van der Waals surface area contributed by atoms with Gasteiger partial charge in [0.25, 0.3) is 0 Å². The molecule has 0 bridgehead atoms. The molecular weight excluding hydrogens is 278 g/mol. The van der Waals surface area contributed by atoms with Crippen LogP contribution in [0.25, 0.3) is 0 Å². The minimum Gasteiger partial charge on any atom is -0.363 e. The van der Waals surface area contributed by atoms with E-state index in [2.05, 4.69) is 12.2 Å². The van der Waals surface area contributed by atoms with Crippen molar-refractivity contribution in [2.24, 2.45) is 0 Å². The summed E-state index contributed by atoms with van der Waals surface area (Å²) in [4.78, 5) is 0. The maximum atomic E-state index is 12.4. The van der Waals surface area contributed by atoms with Crippen molar-refractivity contribution in [2.75, 3.05) is 0 Å². The summed E-state index contributed by atoms with van der Waals surface area (Å²) >= 11 is 4.10. The van der Waals surface area contributed by atoms with Crippen LogP contribution in [0.1, 0.15) is 6.42 Å². The maximum Gasteiger partial charge on any atom is 0.436 e. The average molecular weight is 284 g/mol. The minimum atomic E-state index is -5.43. The van der Waals surface area contributed by atoms with Gasteiger partial charge in [-0.3, -0.25) is 0 Å². The van der Waals surface area contributed by atoms with Crippen molar-refractivity contribution in [3.8, 4) is 0 Å². The average Bonchev–Trinajstić information content (AvgIpc) is 1.96. The largest absolute Gasteiger partial charge is 0.436 e. The van der Waals surface area contributed by atoms with E-state index in [1.807, 2.05) is 0 Å². The van der Waals surface area contributed by atoms with Gasteiger partial charge in [-0.25, -0.2) is 0 Å². The van der Waals surface area contributed by atoms with Crippen molar-refractivity contribution in [1.82, 2.24) is 10.6 Å². The Kier molecular flexibility index (Phi) is 3.01. The van der Waals surface area contributed by atoms with Crippen LogP contribution in [0.5, 0.6) is 0 Å². The number of alkyl halides is 6. The lowest BCUT2D eigenvalue weighted by Crippen LogP contribution is -2.76. The predicted octanol–water partition coefficient (Wildman–Crippen LogP) is 0.356. The molecule has 4 nitrogen and oxygen atoms in total. The zero-order valence-electron chi connectivity index (χ0n) is 7.78. The molecule has 0 aromatic rings. The van der Waals surface area contributed by atoms with E-state index in [9.17, 15) is 26.3 Å². The van der Waals surface area contributed by atoms with E-state index in [1.54, 1.807) is 0 Å². The molecule has 1 fully saturated rings. The maximum absolute atomic E-state index is 12.4. The summed E-state index contributed by atoms with van der Waals surface area (Å²) in [6.45, 7) is 0. The fourth-order valence-corrected chi connectivity index (χ4v) is 1.55. The van der Waals surface area contributed by atoms with Gasteiger partial charge in [0.1, 0.15) is 0 Å². The first-order valence-corrected chi connectivity index (χ1v) is 4.40. The quantitative estimate of drug-likeness (QED) is 0.382. The zero-order chi connectivity index (χ0) is 13.7. The molecule has 11 heteroatoms. The summed E-state index contributed by atoms with van der Waals surface area (Å²) in [5.41, 5.74) is -7.89. The van der Waals surface area contributed by atoms with Gasteiger partial charge >= 0.3 is 12.4 Å². The Morgan fingerprint density at radius 2 is 1.24 bits per heavy atom. The van der Waals surface area contributed by atoms with Crippen molar-refractivity contribution in [3.05, 3.63) is 0 Å². The van der Waals surface area contributed by atoms with E-state index < -0.39 is 35.3 Å². The molecule has 1 saturated heterocycles. The standard InChI is InChI=1S/C6H6F6N2O2S/c7-5(8,9)3(15)1-4(16,6(10,11)12)14-2(17)13-3/h15-16H,1H2,(H2,13,14,17). The Bertz CT molecular complexity index is 314. The third-order valence-corrected chi connectivity index (χ3v) is 2.29. The lowest BCUT2D eigenvalue weighted by Gasteiger charge is -2.45. The van der Waals surface area contributed by atoms with E-state index in [-0.39, 0.29) is 0 Å². The fourth-order valence-electron chi connectivity index (χ4n) is 1.21. The minimum absolute atomic E-state index is 1.16. The van der Waals surface area contributed by atoms with Gasteiger partial charge in [0, 0.05) is 0 Å². The van der Waals surface area contributed by atoms with Gasteiger partial charge in [-0.15, -0.1) is 0 Å². The second-order valence-electron chi connectivity index (χ2n) is 3.47. The molecule has 0 aromatic heterocycles. The van der Waals surface area contributed by atoms with Gasteiger partial charge < -0.3 is 20.8 Å². The molecule has 0 aliphatic carbocycles. The third kappa shape index (κ3) is 2.40. The first-order chi connectivity index (χ1) is 7.31. The van der Waals surface area contributed by atoms with Crippen LogP contribution >= 0.6 is 12.2 Å². The number of halogens is 6. The van der Waals surface area contributed by atoms with Crippen molar-refractivity contribution in [2.45, 2.75) is 30.2 Å². The van der Waals surface area contributed by atoms with Crippen LogP contribution < -0.4 is 10.6 Å². The van der Waals surface area contributed by atoms with E-state index in [0.717, 1.165) is 0 Å². The molecule has 0 spiro atoms. The lowest BCUT2D eigenvalue weighted by molar-refractivity contribution is -0.330. The Morgan fingerprint density at radius 3 is 1.47 bits per heavy atom. The van der Waals surface area contributed by atoms with Crippen LogP contribution in [-0.2, 0) is 0 Å². The molecule has 0 amide bonds. The normalized spacial score (nSPS) is 35.2. The Hall–Kier alpha value is -0.810. The highest BCUT2D eigenvalue weighted by Crippen LogP contribution is 2.41. The van der Waals surface area contributed by atoms with Crippen molar-refractivity contribution in [3.63, 3.8) is 0 Å². The molecule has 1 aliphatic rings. The summed E-state index contributed by atoms with van der Waals surface area (Å²) in [5.74, 6) is 0. The molecule has 1 rings (SSSR count). The van der Waals surface area contributed by atoms with Gasteiger partial charge in [-0.05, 0) is 12.2 Å². The van der Waals surface area contributed by atoms with E-state index in [0.29, 0.717) is 0 Å². The lowest BCUT2D eigenvalue weighted by atomic mass is 9.96. The molecule has 2 atom stereocenters. The van der Waals surface area contributed by atoms with Crippen LogP contribution in [0.2, 0.25) is 0 Å². The first-order valence-electron chi connectivity index (χ1n) is 3.99. The van der Waals surface area contributed by atoms with Crippen LogP contribution in [0.3, 0.4) is 0 Å². The first kappa shape index (κ1) is 14.3. The molecule has 0 saturated carbocycles. The summed E-state index contributed by atoms with van der Waals surface area (Å²) in [7, 11) is 0. The highest BCUT2D eigenvalue weighted by atomic mass is 32.1. The van der Waals surface area contributed by atoms with Crippen LogP contribution in [0, 0.1) is 0 Å². The number of rotatable bonds is 0. The number of thiocarbonyl (C=S) groups is 1. The Labute approximate surface area is 95.6 Å². The van der Waals surface area contributed by atoms with E-state index >= 15 is 0 Å². The summed E-state index contributed by atoms with van der Waals surface area (Å²) in [5, 5.41) is 19.5. The van der Waals surface area contributed by atoms with Crippen molar-refractivity contribution >= 4 is 17.3 Å². The van der Waals surface area contributed by atoms with Crippen LogP contribution in [0.15, 0.2) is 0 Å². The predicted molar refractivity (Wildman–Crippen MR) is 45.5 cm³/mol. The highest BCUT2D eigenvalue weighted by Gasteiger charge is 2.67. The van der Waals surface area contributed by atoms with Gasteiger partial charge in [-0.1, -0.05) is 0 Å². The monoisotopic (exact) mass is 284 g/mol. The van der Waals surface area contributed by atoms with Gasteiger partial charge in [-0.2, -0.15) is 26.3 Å². The Balaban J connectivity index is 3.14. The topological polar surface area (TPSA) is 64.5 Å². The molecule has 0 radical (unpaired) electrons. The smallest absolute Gasteiger partial charge is 0.363 e. The molecule has 100 valence electrons. The number of aliphatic hydroxyl groups is 2. The van der Waals surface area contributed by atoms with Crippen LogP contribution in [0.4, 0.5) is 26.3 Å². The fraction of sp³-hybridized carbons (Fsp3) is 0.833. The molecule has 2 unspecified atom stereocenters. The summed E-state index contributed by atoms with van der Waals surface area (Å²) in [6.07, 6.45) is -12.9. The summed E-state index contributed by atoms with van der Waals surface area (Å²) in [6, 6.07) is 0. The van der Waals surface area contributed by atoms with Crippen molar-refractivity contribution < 1.29 is 36.6 Å². The summed E-state index contributed by atoms with van der Waals surface area (Å²) < 4.78 is 74.1. The molecule has 4 N–H and O–H groups in total. The van der Waals surface area contributed by atoms with Gasteiger partial charge in [0.05, 0.1) is 6.42 Å². The molecular formula is C6H6F6N2O2S. The number of nitrogens with one attached hydrogen (secondary N) is 2. The SMILES string of the molecule is OC1(C(F)(F)F)CC(O)(C(F)(F)F)NC(=S)N1. The second kappa shape index (κ2) is 3.59. The molecule has 0 aromatic carbocycles. The van der Waals surface area contributed by atoms with E-state index in [1.165, 1.54) is 10.6 Å². The van der Waals surface area contributed by atoms with Crippen LogP contribution in [-0.4, -0.2) is 39.1 Å². The Morgan fingerprint density at radius 1 is 0.941 bits per heavy atom.